The molecule has 0 aliphatic carbocycles. The van der Waals surface area contributed by atoms with Gasteiger partial charge in [-0.1, -0.05) is 36.5 Å². The molecule has 0 spiro atoms. The van der Waals surface area contributed by atoms with Crippen molar-refractivity contribution in [2.24, 2.45) is 0 Å². The number of hydrogen-bond donors (Lipinski definition) is 2. The van der Waals surface area contributed by atoms with Crippen molar-refractivity contribution in [3.8, 4) is 0 Å². The van der Waals surface area contributed by atoms with E-state index >= 15 is 0 Å². The zero-order chi connectivity index (χ0) is 15.0. The second-order valence-electron chi connectivity index (χ2n) is 5.26. The second-order valence-corrected chi connectivity index (χ2v) is 5.26. The molecule has 0 aromatic rings. The van der Waals surface area contributed by atoms with Crippen LogP contribution in [0.5, 0.6) is 0 Å². The molecule has 0 bridgehead atoms. The van der Waals surface area contributed by atoms with Crippen molar-refractivity contribution < 1.29 is 19.7 Å². The Morgan fingerprint density at radius 3 is 2.85 bits per heavy atom. The lowest BCUT2D eigenvalue weighted by Crippen LogP contribution is -2.39. The summed E-state index contributed by atoms with van der Waals surface area (Å²) in [4.78, 5) is 0. The van der Waals surface area contributed by atoms with Crippen LogP contribution in [0.2, 0.25) is 0 Å². The predicted molar refractivity (Wildman–Crippen MR) is 79.3 cm³/mol. The summed E-state index contributed by atoms with van der Waals surface area (Å²) in [6.45, 7) is 9.92. The Labute approximate surface area is 121 Å². The van der Waals surface area contributed by atoms with Gasteiger partial charge in [0.05, 0.1) is 25.4 Å². The number of aliphatic hydroxyl groups is 2. The molecule has 1 rings (SSSR count). The van der Waals surface area contributed by atoms with Gasteiger partial charge in [0.1, 0.15) is 0 Å². The minimum absolute atomic E-state index is 0.0879. The number of aliphatic hydroxyl groups excluding tert-OH is 2. The summed E-state index contributed by atoms with van der Waals surface area (Å²) < 4.78 is 11.2. The van der Waals surface area contributed by atoms with Gasteiger partial charge in [-0.3, -0.25) is 0 Å². The molecule has 0 radical (unpaired) electrons. The van der Waals surface area contributed by atoms with Crippen molar-refractivity contribution in [3.05, 3.63) is 36.5 Å². The average molecular weight is 282 g/mol. The Morgan fingerprint density at radius 1 is 1.45 bits per heavy atom. The van der Waals surface area contributed by atoms with Crippen molar-refractivity contribution in [2.45, 2.75) is 51.1 Å². The lowest BCUT2D eigenvalue weighted by atomic mass is 10.1. The van der Waals surface area contributed by atoms with E-state index in [1.807, 2.05) is 6.92 Å². The third-order valence-corrected chi connectivity index (χ3v) is 3.29. The number of ether oxygens (including phenoxy) is 2. The van der Waals surface area contributed by atoms with E-state index in [1.165, 1.54) is 0 Å². The van der Waals surface area contributed by atoms with Crippen LogP contribution >= 0.6 is 0 Å². The zero-order valence-electron chi connectivity index (χ0n) is 12.3. The van der Waals surface area contributed by atoms with Crippen LogP contribution in [-0.4, -0.2) is 41.9 Å². The monoisotopic (exact) mass is 282 g/mol. The SMILES string of the molecule is C=CC(=C)CC/C=C(\C)COC1CC(O)CC(CO)O1. The van der Waals surface area contributed by atoms with Crippen LogP contribution in [0.1, 0.15) is 32.6 Å². The molecule has 3 atom stereocenters. The smallest absolute Gasteiger partial charge is 0.160 e. The van der Waals surface area contributed by atoms with Crippen LogP contribution in [0.15, 0.2) is 36.5 Å². The van der Waals surface area contributed by atoms with Crippen molar-refractivity contribution in [1.29, 1.82) is 0 Å². The maximum Gasteiger partial charge on any atom is 0.160 e. The fourth-order valence-electron chi connectivity index (χ4n) is 2.06. The minimum atomic E-state index is -0.467. The lowest BCUT2D eigenvalue weighted by Gasteiger charge is -2.32. The van der Waals surface area contributed by atoms with Crippen LogP contribution in [-0.2, 0) is 9.47 Å². The van der Waals surface area contributed by atoms with E-state index in [9.17, 15) is 5.11 Å². The first-order valence-electron chi connectivity index (χ1n) is 7.07. The minimum Gasteiger partial charge on any atom is -0.394 e. The molecule has 1 saturated heterocycles. The van der Waals surface area contributed by atoms with Crippen LogP contribution in [0.4, 0.5) is 0 Å². The summed E-state index contributed by atoms with van der Waals surface area (Å²) in [5, 5.41) is 18.7. The van der Waals surface area contributed by atoms with E-state index in [1.54, 1.807) is 6.08 Å². The van der Waals surface area contributed by atoms with Crippen LogP contribution in [0, 0.1) is 0 Å². The third-order valence-electron chi connectivity index (χ3n) is 3.29. The van der Waals surface area contributed by atoms with Crippen molar-refractivity contribution >= 4 is 0 Å². The van der Waals surface area contributed by atoms with Crippen molar-refractivity contribution in [3.63, 3.8) is 0 Å². The Kier molecular flexibility index (Phi) is 7.77. The molecule has 20 heavy (non-hydrogen) atoms. The highest BCUT2D eigenvalue weighted by Gasteiger charge is 2.28. The summed E-state index contributed by atoms with van der Waals surface area (Å²) in [7, 11) is 0. The van der Waals surface area contributed by atoms with Gasteiger partial charge in [-0.2, -0.15) is 0 Å². The summed E-state index contributed by atoms with van der Waals surface area (Å²) in [6.07, 6.45) is 5.37. The Morgan fingerprint density at radius 2 is 2.20 bits per heavy atom. The van der Waals surface area contributed by atoms with E-state index < -0.39 is 12.4 Å². The first-order chi connectivity index (χ1) is 9.55. The fraction of sp³-hybridized carbons (Fsp3) is 0.625. The number of rotatable bonds is 8. The Hall–Kier alpha value is -0.940. The largest absolute Gasteiger partial charge is 0.394 e. The molecule has 2 N–H and O–H groups in total. The van der Waals surface area contributed by atoms with Crippen LogP contribution in [0.25, 0.3) is 0 Å². The standard InChI is InChI=1S/C16H26O4/c1-4-12(2)6-5-7-13(3)11-19-16-9-14(18)8-15(10-17)20-16/h4,7,14-18H,1-2,5-6,8-11H2,3H3/b13-7+. The molecular formula is C16H26O4. The van der Waals surface area contributed by atoms with Gasteiger partial charge in [0.25, 0.3) is 0 Å². The van der Waals surface area contributed by atoms with Gasteiger partial charge in [0, 0.05) is 12.8 Å². The predicted octanol–water partition coefficient (Wildman–Crippen LogP) is 2.33. The van der Waals surface area contributed by atoms with E-state index in [4.69, 9.17) is 14.6 Å². The van der Waals surface area contributed by atoms with Crippen LogP contribution < -0.4 is 0 Å². The summed E-state index contributed by atoms with van der Waals surface area (Å²) in [6, 6.07) is 0. The molecule has 1 aliphatic rings. The van der Waals surface area contributed by atoms with Crippen molar-refractivity contribution in [2.75, 3.05) is 13.2 Å². The van der Waals surface area contributed by atoms with Gasteiger partial charge in [-0.15, -0.1) is 0 Å². The fourth-order valence-corrected chi connectivity index (χ4v) is 2.06. The van der Waals surface area contributed by atoms with E-state index in [-0.39, 0.29) is 12.7 Å². The maximum atomic E-state index is 9.67. The lowest BCUT2D eigenvalue weighted by molar-refractivity contribution is -0.218. The van der Waals surface area contributed by atoms with Gasteiger partial charge >= 0.3 is 0 Å². The maximum absolute atomic E-state index is 9.67. The second kappa shape index (κ2) is 9.08. The molecule has 1 fully saturated rings. The van der Waals surface area contributed by atoms with Gasteiger partial charge < -0.3 is 19.7 Å². The molecule has 0 amide bonds. The molecule has 3 unspecified atom stereocenters. The molecule has 114 valence electrons. The normalized spacial score (nSPS) is 27.4. The molecule has 4 nitrogen and oxygen atoms in total. The highest BCUT2D eigenvalue weighted by atomic mass is 16.7. The van der Waals surface area contributed by atoms with Gasteiger partial charge in [-0.05, 0) is 19.8 Å². The molecule has 0 saturated carbocycles. The average Bonchev–Trinajstić information content (AvgIpc) is 2.44. The van der Waals surface area contributed by atoms with Gasteiger partial charge in [-0.25, -0.2) is 0 Å². The molecular weight excluding hydrogens is 256 g/mol. The Balaban J connectivity index is 2.29. The van der Waals surface area contributed by atoms with E-state index in [0.29, 0.717) is 19.4 Å². The molecule has 0 aromatic heterocycles. The van der Waals surface area contributed by atoms with Crippen LogP contribution in [0.3, 0.4) is 0 Å². The Bertz CT molecular complexity index is 348. The van der Waals surface area contributed by atoms with Gasteiger partial charge in [0.2, 0.25) is 0 Å². The summed E-state index contributed by atoms with van der Waals surface area (Å²) >= 11 is 0. The summed E-state index contributed by atoms with van der Waals surface area (Å²) in [5.41, 5.74) is 2.14. The molecule has 1 heterocycles. The first kappa shape index (κ1) is 17.1. The van der Waals surface area contributed by atoms with Gasteiger partial charge in [0.15, 0.2) is 6.29 Å². The van der Waals surface area contributed by atoms with E-state index in [2.05, 4.69) is 19.2 Å². The quantitative estimate of drug-likeness (QED) is 0.530. The number of allylic oxidation sites excluding steroid dienone is 3. The molecule has 1 aliphatic heterocycles. The summed E-state index contributed by atoms with van der Waals surface area (Å²) in [5.74, 6) is 0. The highest BCUT2D eigenvalue weighted by Crippen LogP contribution is 2.20. The molecule has 4 heteroatoms. The zero-order valence-corrected chi connectivity index (χ0v) is 12.3. The third kappa shape index (κ3) is 6.48. The van der Waals surface area contributed by atoms with E-state index in [0.717, 1.165) is 24.0 Å². The highest BCUT2D eigenvalue weighted by molar-refractivity contribution is 5.12. The topological polar surface area (TPSA) is 58.9 Å². The number of hydrogen-bond acceptors (Lipinski definition) is 4. The first-order valence-corrected chi connectivity index (χ1v) is 7.07. The molecule has 0 aromatic carbocycles. The van der Waals surface area contributed by atoms with Crippen molar-refractivity contribution in [1.82, 2.24) is 0 Å².